The van der Waals surface area contributed by atoms with Gasteiger partial charge in [-0.3, -0.25) is 4.98 Å². The lowest BCUT2D eigenvalue weighted by atomic mass is 10.2. The van der Waals surface area contributed by atoms with Crippen molar-refractivity contribution in [3.63, 3.8) is 0 Å². The van der Waals surface area contributed by atoms with E-state index in [4.69, 9.17) is 0 Å². The van der Waals surface area contributed by atoms with Crippen molar-refractivity contribution in [2.75, 3.05) is 0 Å². The van der Waals surface area contributed by atoms with Gasteiger partial charge in [0.2, 0.25) is 0 Å². The third-order valence-corrected chi connectivity index (χ3v) is 3.41. The summed E-state index contributed by atoms with van der Waals surface area (Å²) in [6, 6.07) is 7.62. The van der Waals surface area contributed by atoms with Crippen molar-refractivity contribution in [3.05, 3.63) is 53.0 Å². The fourth-order valence-electron chi connectivity index (χ4n) is 1.97. The van der Waals surface area contributed by atoms with Gasteiger partial charge in [-0.2, -0.15) is 0 Å². The van der Waals surface area contributed by atoms with Crippen LogP contribution in [0.25, 0.3) is 16.9 Å². The molecule has 0 unspecified atom stereocenters. The van der Waals surface area contributed by atoms with Gasteiger partial charge in [0.1, 0.15) is 0 Å². The summed E-state index contributed by atoms with van der Waals surface area (Å²) in [4.78, 5) is 8.66. The lowest BCUT2D eigenvalue weighted by molar-refractivity contribution is 0.276. The summed E-state index contributed by atoms with van der Waals surface area (Å²) in [5.41, 5.74) is 3.22. The summed E-state index contributed by atoms with van der Waals surface area (Å²) in [5.74, 6) is 0. The molecule has 90 valence electrons. The molecule has 0 fully saturated rings. The van der Waals surface area contributed by atoms with Crippen LogP contribution in [-0.2, 0) is 6.61 Å². The van der Waals surface area contributed by atoms with E-state index in [0.29, 0.717) is 0 Å². The van der Waals surface area contributed by atoms with Gasteiger partial charge >= 0.3 is 0 Å². The Bertz CT molecular complexity index is 694. The third kappa shape index (κ3) is 1.72. The van der Waals surface area contributed by atoms with E-state index in [0.717, 1.165) is 27.1 Å². The second-order valence-electron chi connectivity index (χ2n) is 3.86. The molecular weight excluding hydrogens is 294 g/mol. The molecule has 1 N–H and O–H groups in total. The molecule has 3 aromatic rings. The number of halogens is 1. The van der Waals surface area contributed by atoms with Gasteiger partial charge in [-0.25, -0.2) is 4.98 Å². The van der Waals surface area contributed by atoms with E-state index in [2.05, 4.69) is 25.9 Å². The summed E-state index contributed by atoms with van der Waals surface area (Å²) in [6.45, 7) is -0.0676. The first kappa shape index (κ1) is 11.4. The minimum absolute atomic E-state index is 0.0676. The minimum Gasteiger partial charge on any atom is -0.390 e. The molecule has 4 nitrogen and oxygen atoms in total. The SMILES string of the molecule is OCc1c(-c2cccnc2)nc2c(Br)cccn12. The van der Waals surface area contributed by atoms with E-state index in [-0.39, 0.29) is 6.61 Å². The Kier molecular flexibility index (Phi) is 2.85. The molecule has 0 aliphatic heterocycles. The minimum atomic E-state index is -0.0676. The Labute approximate surface area is 112 Å². The molecular formula is C13H10BrN3O. The molecule has 3 rings (SSSR count). The number of hydrogen-bond acceptors (Lipinski definition) is 3. The van der Waals surface area contributed by atoms with Crippen LogP contribution < -0.4 is 0 Å². The lowest BCUT2D eigenvalue weighted by Crippen LogP contribution is -1.94. The van der Waals surface area contributed by atoms with Gasteiger partial charge < -0.3 is 9.51 Å². The maximum absolute atomic E-state index is 9.56. The van der Waals surface area contributed by atoms with Gasteiger partial charge in [-0.05, 0) is 40.2 Å². The van der Waals surface area contributed by atoms with Gasteiger partial charge in [0.25, 0.3) is 0 Å². The van der Waals surface area contributed by atoms with Gasteiger partial charge in [0, 0.05) is 24.2 Å². The highest BCUT2D eigenvalue weighted by Gasteiger charge is 2.14. The van der Waals surface area contributed by atoms with Crippen molar-refractivity contribution in [1.29, 1.82) is 0 Å². The van der Waals surface area contributed by atoms with Gasteiger partial charge in [0.05, 0.1) is 22.5 Å². The highest BCUT2D eigenvalue weighted by molar-refractivity contribution is 9.10. The number of hydrogen-bond donors (Lipinski definition) is 1. The number of imidazole rings is 1. The average Bonchev–Trinajstić information content (AvgIpc) is 2.80. The molecule has 0 aromatic carbocycles. The number of nitrogens with zero attached hydrogens (tertiary/aromatic N) is 3. The molecule has 0 saturated heterocycles. The number of rotatable bonds is 2. The Morgan fingerprint density at radius 2 is 2.17 bits per heavy atom. The fourth-order valence-corrected chi connectivity index (χ4v) is 2.40. The van der Waals surface area contributed by atoms with Gasteiger partial charge in [-0.15, -0.1) is 0 Å². The molecule has 0 bridgehead atoms. The Morgan fingerprint density at radius 1 is 1.28 bits per heavy atom. The molecule has 0 aliphatic rings. The fraction of sp³-hybridized carbons (Fsp3) is 0.0769. The van der Waals surface area contributed by atoms with Gasteiger partial charge in [0.15, 0.2) is 5.65 Å². The zero-order valence-electron chi connectivity index (χ0n) is 9.42. The van der Waals surface area contributed by atoms with Crippen LogP contribution in [0.2, 0.25) is 0 Å². The van der Waals surface area contributed by atoms with Crippen LogP contribution in [0, 0.1) is 0 Å². The lowest BCUT2D eigenvalue weighted by Gasteiger charge is -2.01. The normalized spacial score (nSPS) is 11.0. The van der Waals surface area contributed by atoms with Crippen LogP contribution in [0.3, 0.4) is 0 Å². The van der Waals surface area contributed by atoms with Crippen LogP contribution in [0.1, 0.15) is 5.69 Å². The summed E-state index contributed by atoms with van der Waals surface area (Å²) in [5, 5.41) is 9.56. The quantitative estimate of drug-likeness (QED) is 0.792. The van der Waals surface area contributed by atoms with E-state index in [9.17, 15) is 5.11 Å². The van der Waals surface area contributed by atoms with Crippen LogP contribution in [-0.4, -0.2) is 19.5 Å². The van der Waals surface area contributed by atoms with E-state index in [1.807, 2.05) is 34.9 Å². The van der Waals surface area contributed by atoms with Gasteiger partial charge in [-0.1, -0.05) is 0 Å². The van der Waals surface area contributed by atoms with Crippen LogP contribution in [0.5, 0.6) is 0 Å². The molecule has 0 amide bonds. The second kappa shape index (κ2) is 4.51. The Hall–Kier alpha value is -1.72. The molecule has 0 saturated carbocycles. The first-order chi connectivity index (χ1) is 8.81. The van der Waals surface area contributed by atoms with Crippen molar-refractivity contribution in [2.45, 2.75) is 6.61 Å². The number of fused-ring (bicyclic) bond motifs is 1. The highest BCUT2D eigenvalue weighted by atomic mass is 79.9. The monoisotopic (exact) mass is 303 g/mol. The van der Waals surface area contributed by atoms with Crippen LogP contribution in [0.4, 0.5) is 0 Å². The maximum atomic E-state index is 9.56. The van der Waals surface area contributed by atoms with Crippen molar-refractivity contribution >= 4 is 21.6 Å². The van der Waals surface area contributed by atoms with E-state index < -0.39 is 0 Å². The highest BCUT2D eigenvalue weighted by Crippen LogP contribution is 2.27. The van der Waals surface area contributed by atoms with Crippen molar-refractivity contribution in [3.8, 4) is 11.3 Å². The molecule has 0 spiro atoms. The summed E-state index contributed by atoms with van der Waals surface area (Å²) in [6.07, 6.45) is 5.35. The van der Waals surface area contributed by atoms with Crippen molar-refractivity contribution in [1.82, 2.24) is 14.4 Å². The molecule has 5 heteroatoms. The zero-order valence-corrected chi connectivity index (χ0v) is 11.0. The third-order valence-electron chi connectivity index (χ3n) is 2.79. The average molecular weight is 304 g/mol. The number of aliphatic hydroxyl groups is 1. The van der Waals surface area contributed by atoms with E-state index in [1.54, 1.807) is 12.4 Å². The second-order valence-corrected chi connectivity index (χ2v) is 4.71. The van der Waals surface area contributed by atoms with E-state index >= 15 is 0 Å². The molecule has 18 heavy (non-hydrogen) atoms. The smallest absolute Gasteiger partial charge is 0.152 e. The Morgan fingerprint density at radius 3 is 2.89 bits per heavy atom. The molecule has 3 aromatic heterocycles. The number of pyridine rings is 2. The molecule has 0 radical (unpaired) electrons. The summed E-state index contributed by atoms with van der Waals surface area (Å²) < 4.78 is 2.78. The molecule has 0 atom stereocenters. The zero-order chi connectivity index (χ0) is 12.5. The molecule has 3 heterocycles. The maximum Gasteiger partial charge on any atom is 0.152 e. The summed E-state index contributed by atoms with van der Waals surface area (Å²) in [7, 11) is 0. The number of aliphatic hydroxyl groups excluding tert-OH is 1. The van der Waals surface area contributed by atoms with Crippen LogP contribution >= 0.6 is 15.9 Å². The summed E-state index contributed by atoms with van der Waals surface area (Å²) >= 11 is 3.47. The number of aromatic nitrogens is 3. The predicted octanol–water partition coefficient (Wildman–Crippen LogP) is 2.65. The largest absolute Gasteiger partial charge is 0.390 e. The van der Waals surface area contributed by atoms with E-state index in [1.165, 1.54) is 0 Å². The topological polar surface area (TPSA) is 50.4 Å². The molecule has 0 aliphatic carbocycles. The van der Waals surface area contributed by atoms with Crippen molar-refractivity contribution < 1.29 is 5.11 Å². The van der Waals surface area contributed by atoms with Crippen LogP contribution in [0.15, 0.2) is 47.3 Å². The Balaban J connectivity index is 2.33. The first-order valence-corrected chi connectivity index (χ1v) is 6.27. The standard InChI is InChI=1S/C13H10BrN3O/c14-10-4-2-6-17-11(8-18)12(16-13(10)17)9-3-1-5-15-7-9/h1-7,18H,8H2. The predicted molar refractivity (Wildman–Crippen MR) is 72.0 cm³/mol. The first-order valence-electron chi connectivity index (χ1n) is 5.48. The van der Waals surface area contributed by atoms with Crippen molar-refractivity contribution in [2.24, 2.45) is 0 Å².